The predicted molar refractivity (Wildman–Crippen MR) is 52.6 cm³/mol. The molecule has 0 aliphatic carbocycles. The smallest absolute Gasteiger partial charge is 0.130 e. The largest absolute Gasteiger partial charge is 0.363 e. The van der Waals surface area contributed by atoms with Crippen molar-refractivity contribution in [2.45, 2.75) is 0 Å². The molecule has 1 rings (SSSR count). The van der Waals surface area contributed by atoms with Gasteiger partial charge in [0.15, 0.2) is 0 Å². The van der Waals surface area contributed by atoms with Gasteiger partial charge in [-0.3, -0.25) is 4.99 Å². The van der Waals surface area contributed by atoms with Crippen LogP contribution in [-0.2, 0) is 0 Å². The summed E-state index contributed by atoms with van der Waals surface area (Å²) in [6.07, 6.45) is 0. The van der Waals surface area contributed by atoms with E-state index in [4.69, 9.17) is 0 Å². The van der Waals surface area contributed by atoms with Crippen LogP contribution in [0.5, 0.6) is 0 Å². The van der Waals surface area contributed by atoms with Crippen LogP contribution in [0, 0.1) is 0 Å². The van der Waals surface area contributed by atoms with Gasteiger partial charge in [-0.15, -0.1) is 0 Å². The van der Waals surface area contributed by atoms with Gasteiger partial charge in [0, 0.05) is 26.7 Å². The van der Waals surface area contributed by atoms with E-state index in [0.717, 1.165) is 11.4 Å². The summed E-state index contributed by atoms with van der Waals surface area (Å²) in [7, 11) is 5.80. The van der Waals surface area contributed by atoms with E-state index in [1.807, 2.05) is 44.2 Å². The molecule has 0 saturated carbocycles. The second-order valence-electron chi connectivity index (χ2n) is 2.81. The van der Waals surface area contributed by atoms with Crippen LogP contribution in [-0.4, -0.2) is 31.9 Å². The van der Waals surface area contributed by atoms with E-state index >= 15 is 0 Å². The molecule has 0 aromatic heterocycles. The first-order valence-corrected chi connectivity index (χ1v) is 3.95. The summed E-state index contributed by atoms with van der Waals surface area (Å²) in [5.74, 6) is 1.01. The molecule has 0 aliphatic rings. The van der Waals surface area contributed by atoms with Crippen molar-refractivity contribution in [3.05, 3.63) is 35.9 Å². The molecule has 2 heteroatoms. The van der Waals surface area contributed by atoms with Gasteiger partial charge in [0.05, 0.1) is 0 Å². The summed E-state index contributed by atoms with van der Waals surface area (Å²) in [5, 5.41) is 0. The van der Waals surface area contributed by atoms with E-state index < -0.39 is 0 Å². The molecule has 0 heterocycles. The molecule has 0 bridgehead atoms. The molecule has 0 aliphatic heterocycles. The minimum Gasteiger partial charge on any atom is -0.363 e. The monoisotopic (exact) mass is 162 g/mol. The van der Waals surface area contributed by atoms with Crippen molar-refractivity contribution in [3.8, 4) is 0 Å². The molecule has 64 valence electrons. The highest BCUT2D eigenvalue weighted by Gasteiger charge is 2.01. The number of nitrogens with zero attached hydrogens (tertiary/aromatic N) is 2. The average molecular weight is 162 g/mol. The molecule has 1 aromatic rings. The Morgan fingerprint density at radius 1 is 1.17 bits per heavy atom. The van der Waals surface area contributed by atoms with Gasteiger partial charge in [-0.05, 0) is 0 Å². The zero-order valence-corrected chi connectivity index (χ0v) is 7.78. The van der Waals surface area contributed by atoms with Gasteiger partial charge in [-0.2, -0.15) is 0 Å². The molecule has 0 N–H and O–H groups in total. The lowest BCUT2D eigenvalue weighted by Crippen LogP contribution is -2.22. The van der Waals surface area contributed by atoms with Crippen LogP contribution in [0.2, 0.25) is 0 Å². The van der Waals surface area contributed by atoms with Crippen LogP contribution in [0.4, 0.5) is 0 Å². The van der Waals surface area contributed by atoms with E-state index in [-0.39, 0.29) is 0 Å². The summed E-state index contributed by atoms with van der Waals surface area (Å²) < 4.78 is 0. The van der Waals surface area contributed by atoms with Gasteiger partial charge >= 0.3 is 0 Å². The summed E-state index contributed by atoms with van der Waals surface area (Å²) in [6.45, 7) is 0. The Morgan fingerprint density at radius 2 is 1.75 bits per heavy atom. The van der Waals surface area contributed by atoms with Crippen molar-refractivity contribution in [2.75, 3.05) is 21.1 Å². The quantitative estimate of drug-likeness (QED) is 0.452. The van der Waals surface area contributed by atoms with Gasteiger partial charge in [-0.1, -0.05) is 30.3 Å². The second-order valence-corrected chi connectivity index (χ2v) is 2.81. The number of amidine groups is 1. The molecular formula is C10H14N2. The van der Waals surface area contributed by atoms with E-state index in [9.17, 15) is 0 Å². The van der Waals surface area contributed by atoms with Crippen molar-refractivity contribution in [1.29, 1.82) is 0 Å². The van der Waals surface area contributed by atoms with Crippen LogP contribution in [0.1, 0.15) is 5.56 Å². The highest BCUT2D eigenvalue weighted by Crippen LogP contribution is 2.02. The highest BCUT2D eigenvalue weighted by atomic mass is 15.1. The minimum absolute atomic E-state index is 1.01. The molecule has 12 heavy (non-hydrogen) atoms. The van der Waals surface area contributed by atoms with Crippen LogP contribution in [0.15, 0.2) is 35.3 Å². The molecule has 0 atom stereocenters. The standard InChI is InChI=1S/C10H14N2/c1-11-10(12(2)3)9-7-5-4-6-8-9/h4-8H,1-3H3/b11-10-. The van der Waals surface area contributed by atoms with Crippen molar-refractivity contribution in [1.82, 2.24) is 4.90 Å². The third-order valence-corrected chi connectivity index (χ3v) is 1.67. The fourth-order valence-corrected chi connectivity index (χ4v) is 1.17. The number of aliphatic imine (C=N–C) groups is 1. The summed E-state index contributed by atoms with van der Waals surface area (Å²) in [4.78, 5) is 6.21. The van der Waals surface area contributed by atoms with Crippen molar-refractivity contribution < 1.29 is 0 Å². The fraction of sp³-hybridized carbons (Fsp3) is 0.300. The van der Waals surface area contributed by atoms with Crippen molar-refractivity contribution in [3.63, 3.8) is 0 Å². The van der Waals surface area contributed by atoms with Gasteiger partial charge in [0.2, 0.25) is 0 Å². The second kappa shape index (κ2) is 3.90. The SMILES string of the molecule is C/N=C(/c1ccccc1)N(C)C. The maximum Gasteiger partial charge on any atom is 0.130 e. The zero-order chi connectivity index (χ0) is 8.97. The maximum absolute atomic E-state index is 4.20. The highest BCUT2D eigenvalue weighted by molar-refractivity contribution is 5.98. The lowest BCUT2D eigenvalue weighted by Gasteiger charge is -2.14. The number of benzene rings is 1. The van der Waals surface area contributed by atoms with E-state index in [0.29, 0.717) is 0 Å². The van der Waals surface area contributed by atoms with Crippen LogP contribution in [0.25, 0.3) is 0 Å². The van der Waals surface area contributed by atoms with Crippen LogP contribution >= 0.6 is 0 Å². The average Bonchev–Trinajstić information content (AvgIpc) is 2.07. The van der Waals surface area contributed by atoms with Gasteiger partial charge in [0.25, 0.3) is 0 Å². The molecular weight excluding hydrogens is 148 g/mol. The van der Waals surface area contributed by atoms with E-state index in [1.54, 1.807) is 0 Å². The molecule has 0 radical (unpaired) electrons. The Bertz CT molecular complexity index is 262. The topological polar surface area (TPSA) is 15.6 Å². The van der Waals surface area contributed by atoms with E-state index in [1.165, 1.54) is 0 Å². The Labute approximate surface area is 73.5 Å². The van der Waals surface area contributed by atoms with Crippen molar-refractivity contribution in [2.24, 2.45) is 4.99 Å². The normalized spacial score (nSPS) is 11.4. The molecule has 2 nitrogen and oxygen atoms in total. The van der Waals surface area contributed by atoms with Crippen molar-refractivity contribution >= 4 is 5.84 Å². The summed E-state index contributed by atoms with van der Waals surface area (Å²) >= 11 is 0. The Kier molecular flexibility index (Phi) is 2.86. The number of rotatable bonds is 1. The maximum atomic E-state index is 4.20. The summed E-state index contributed by atoms with van der Waals surface area (Å²) in [6, 6.07) is 10.2. The molecule has 0 spiro atoms. The third-order valence-electron chi connectivity index (χ3n) is 1.67. The minimum atomic E-state index is 1.01. The first-order chi connectivity index (χ1) is 5.75. The summed E-state index contributed by atoms with van der Waals surface area (Å²) in [5.41, 5.74) is 1.16. The first-order valence-electron chi connectivity index (χ1n) is 3.95. The fourth-order valence-electron chi connectivity index (χ4n) is 1.17. The molecule has 0 amide bonds. The van der Waals surface area contributed by atoms with Crippen LogP contribution < -0.4 is 0 Å². The van der Waals surface area contributed by atoms with Gasteiger partial charge in [-0.25, -0.2) is 0 Å². The Hall–Kier alpha value is -1.31. The van der Waals surface area contributed by atoms with Gasteiger partial charge < -0.3 is 4.90 Å². The molecule has 1 aromatic carbocycles. The molecule has 0 unspecified atom stereocenters. The van der Waals surface area contributed by atoms with E-state index in [2.05, 4.69) is 17.1 Å². The zero-order valence-electron chi connectivity index (χ0n) is 7.78. The Morgan fingerprint density at radius 3 is 2.17 bits per heavy atom. The number of hydrogen-bond donors (Lipinski definition) is 0. The molecule has 0 fully saturated rings. The van der Waals surface area contributed by atoms with Gasteiger partial charge in [0.1, 0.15) is 5.84 Å². The number of hydrogen-bond acceptors (Lipinski definition) is 1. The Balaban J connectivity index is 2.97. The lowest BCUT2D eigenvalue weighted by molar-refractivity contribution is 0.622. The predicted octanol–water partition coefficient (Wildman–Crippen LogP) is 1.62. The third kappa shape index (κ3) is 1.84. The first kappa shape index (κ1) is 8.78. The van der Waals surface area contributed by atoms with Crippen LogP contribution in [0.3, 0.4) is 0 Å². The lowest BCUT2D eigenvalue weighted by atomic mass is 10.2. The molecule has 0 saturated heterocycles.